The zero-order valence-electron chi connectivity index (χ0n) is 9.70. The highest BCUT2D eigenvalue weighted by Gasteiger charge is 2.16. The number of nitrogens with one attached hydrogen (secondary N) is 1. The van der Waals surface area contributed by atoms with Crippen LogP contribution in [0.25, 0.3) is 0 Å². The van der Waals surface area contributed by atoms with Gasteiger partial charge in [0.05, 0.1) is 21.7 Å². The first-order valence-electron chi connectivity index (χ1n) is 5.24. The molecule has 0 aromatic heterocycles. The molecule has 3 nitrogen and oxygen atoms in total. The molecule has 6 heteroatoms. The highest BCUT2D eigenvalue weighted by atomic mass is 35.5. The number of anilines is 1. The van der Waals surface area contributed by atoms with Crippen LogP contribution in [-0.4, -0.2) is 26.0 Å². The summed E-state index contributed by atoms with van der Waals surface area (Å²) in [6.07, 6.45) is 0. The van der Waals surface area contributed by atoms with E-state index < -0.39 is 20.9 Å². The Morgan fingerprint density at radius 1 is 1.41 bits per heavy atom. The lowest BCUT2D eigenvalue weighted by Crippen LogP contribution is -2.23. The second-order valence-corrected chi connectivity index (χ2v) is 7.02. The van der Waals surface area contributed by atoms with Gasteiger partial charge >= 0.3 is 0 Å². The maximum atomic E-state index is 13.3. The molecule has 1 N–H and O–H groups in total. The van der Waals surface area contributed by atoms with Gasteiger partial charge in [-0.15, -0.1) is 0 Å². The van der Waals surface area contributed by atoms with Gasteiger partial charge < -0.3 is 5.32 Å². The Labute approximate surface area is 106 Å². The second kappa shape index (κ2) is 5.69. The fourth-order valence-electron chi connectivity index (χ4n) is 1.22. The van der Waals surface area contributed by atoms with Crippen molar-refractivity contribution in [3.63, 3.8) is 0 Å². The fraction of sp³-hybridized carbons (Fsp3) is 0.455. The minimum atomic E-state index is -3.12. The lowest BCUT2D eigenvalue weighted by atomic mass is 10.3. The van der Waals surface area contributed by atoms with Crippen LogP contribution in [0.15, 0.2) is 18.2 Å². The first-order valence-corrected chi connectivity index (χ1v) is 7.33. The first-order chi connectivity index (χ1) is 7.84. The molecule has 0 saturated heterocycles. The average molecular weight is 280 g/mol. The molecule has 0 atom stereocenters. The third kappa shape index (κ3) is 3.85. The Balaban J connectivity index is 2.64. The Kier molecular flexibility index (Phi) is 4.77. The summed E-state index contributed by atoms with van der Waals surface area (Å²) >= 11 is 5.79. The monoisotopic (exact) mass is 279 g/mol. The number of benzene rings is 1. The molecule has 1 aromatic rings. The molecule has 0 heterocycles. The van der Waals surface area contributed by atoms with Crippen LogP contribution >= 0.6 is 11.6 Å². The molecule has 0 unspecified atom stereocenters. The maximum absolute atomic E-state index is 13.3. The Bertz CT molecular complexity index is 468. The predicted octanol–water partition coefficient (Wildman–Crippen LogP) is 2.71. The van der Waals surface area contributed by atoms with Gasteiger partial charge in [0.2, 0.25) is 0 Å². The van der Waals surface area contributed by atoms with Gasteiger partial charge in [0.15, 0.2) is 9.84 Å². The normalized spacial score (nSPS) is 11.8. The molecule has 0 aliphatic heterocycles. The van der Waals surface area contributed by atoms with Gasteiger partial charge in [-0.2, -0.15) is 0 Å². The second-order valence-electron chi connectivity index (χ2n) is 3.94. The Morgan fingerprint density at radius 2 is 2.06 bits per heavy atom. The third-order valence-electron chi connectivity index (χ3n) is 2.37. The quantitative estimate of drug-likeness (QED) is 0.901. The molecular formula is C11H15ClFNO2S. The molecule has 0 amide bonds. The third-order valence-corrected chi connectivity index (χ3v) is 4.89. The minimum Gasteiger partial charge on any atom is -0.380 e. The number of sulfone groups is 1. The van der Waals surface area contributed by atoms with Crippen molar-refractivity contribution in [1.82, 2.24) is 0 Å². The van der Waals surface area contributed by atoms with E-state index in [0.717, 1.165) is 0 Å². The highest BCUT2D eigenvalue weighted by Crippen LogP contribution is 2.24. The standard InChI is InChI=1S/C11H15ClFNO2S/c1-8(2)17(15,16)7-6-14-11-9(12)4-3-5-10(11)13/h3-5,8,14H,6-7H2,1-2H3. The van der Waals surface area contributed by atoms with E-state index in [-0.39, 0.29) is 23.0 Å². The fourth-order valence-corrected chi connectivity index (χ4v) is 2.31. The maximum Gasteiger partial charge on any atom is 0.154 e. The number of hydrogen-bond donors (Lipinski definition) is 1. The van der Waals surface area contributed by atoms with E-state index in [1.807, 2.05) is 0 Å². The smallest absolute Gasteiger partial charge is 0.154 e. The number of para-hydroxylation sites is 1. The summed E-state index contributed by atoms with van der Waals surface area (Å²) < 4.78 is 36.4. The molecule has 0 saturated carbocycles. The van der Waals surface area contributed by atoms with Crippen molar-refractivity contribution in [2.45, 2.75) is 19.1 Å². The summed E-state index contributed by atoms with van der Waals surface area (Å²) in [5, 5.41) is 2.52. The van der Waals surface area contributed by atoms with Crippen LogP contribution in [0, 0.1) is 5.82 Å². The topological polar surface area (TPSA) is 46.2 Å². The first kappa shape index (κ1) is 14.3. The summed E-state index contributed by atoms with van der Waals surface area (Å²) in [5.41, 5.74) is 0.146. The highest BCUT2D eigenvalue weighted by molar-refractivity contribution is 7.92. The SMILES string of the molecule is CC(C)S(=O)(=O)CCNc1c(F)cccc1Cl. The van der Waals surface area contributed by atoms with Crippen molar-refractivity contribution in [2.24, 2.45) is 0 Å². The van der Waals surface area contributed by atoms with Crippen LogP contribution in [-0.2, 0) is 9.84 Å². The summed E-state index contributed by atoms with van der Waals surface area (Å²) in [6.45, 7) is 3.37. The number of hydrogen-bond acceptors (Lipinski definition) is 3. The van der Waals surface area contributed by atoms with E-state index in [1.165, 1.54) is 12.1 Å². The number of halogens is 2. The van der Waals surface area contributed by atoms with E-state index >= 15 is 0 Å². The lowest BCUT2D eigenvalue weighted by molar-refractivity contribution is 0.587. The molecule has 0 bridgehead atoms. The lowest BCUT2D eigenvalue weighted by Gasteiger charge is -2.11. The minimum absolute atomic E-state index is 0.0463. The van der Waals surface area contributed by atoms with Gasteiger partial charge in [0.25, 0.3) is 0 Å². The molecule has 17 heavy (non-hydrogen) atoms. The van der Waals surface area contributed by atoms with E-state index in [9.17, 15) is 12.8 Å². The molecular weight excluding hydrogens is 265 g/mol. The van der Waals surface area contributed by atoms with Crippen molar-refractivity contribution >= 4 is 27.1 Å². The van der Waals surface area contributed by atoms with Gasteiger partial charge in [0, 0.05) is 6.54 Å². The van der Waals surface area contributed by atoms with Gasteiger partial charge in [-0.25, -0.2) is 12.8 Å². The zero-order valence-corrected chi connectivity index (χ0v) is 11.3. The molecule has 1 aromatic carbocycles. The molecule has 0 radical (unpaired) electrons. The molecule has 96 valence electrons. The Hall–Kier alpha value is -0.810. The molecule has 0 aliphatic carbocycles. The van der Waals surface area contributed by atoms with Crippen LogP contribution in [0.3, 0.4) is 0 Å². The van der Waals surface area contributed by atoms with Gasteiger partial charge in [-0.1, -0.05) is 17.7 Å². The zero-order chi connectivity index (χ0) is 13.1. The van der Waals surface area contributed by atoms with Gasteiger partial charge in [-0.05, 0) is 26.0 Å². The Morgan fingerprint density at radius 3 is 2.59 bits per heavy atom. The summed E-state index contributed by atoms with van der Waals surface area (Å²) in [4.78, 5) is 0. The molecule has 0 fully saturated rings. The van der Waals surface area contributed by atoms with Crippen molar-refractivity contribution in [3.05, 3.63) is 29.0 Å². The van der Waals surface area contributed by atoms with Crippen LogP contribution < -0.4 is 5.32 Å². The average Bonchev–Trinajstić information content (AvgIpc) is 2.22. The van der Waals surface area contributed by atoms with Crippen LogP contribution in [0.1, 0.15) is 13.8 Å². The molecule has 0 spiro atoms. The van der Waals surface area contributed by atoms with E-state index in [1.54, 1.807) is 19.9 Å². The van der Waals surface area contributed by atoms with Crippen molar-refractivity contribution in [1.29, 1.82) is 0 Å². The van der Waals surface area contributed by atoms with E-state index in [0.29, 0.717) is 0 Å². The largest absolute Gasteiger partial charge is 0.380 e. The van der Waals surface area contributed by atoms with Crippen LogP contribution in [0.5, 0.6) is 0 Å². The number of rotatable bonds is 5. The van der Waals surface area contributed by atoms with Crippen LogP contribution in [0.4, 0.5) is 10.1 Å². The summed E-state index contributed by atoms with van der Waals surface area (Å²) in [5.74, 6) is -0.533. The van der Waals surface area contributed by atoms with E-state index in [4.69, 9.17) is 11.6 Å². The summed E-state index contributed by atoms with van der Waals surface area (Å²) in [6, 6.07) is 4.31. The van der Waals surface area contributed by atoms with Crippen molar-refractivity contribution in [3.8, 4) is 0 Å². The molecule has 1 rings (SSSR count). The van der Waals surface area contributed by atoms with E-state index in [2.05, 4.69) is 5.32 Å². The van der Waals surface area contributed by atoms with Crippen molar-refractivity contribution in [2.75, 3.05) is 17.6 Å². The summed E-state index contributed by atoms with van der Waals surface area (Å²) in [7, 11) is -3.12. The van der Waals surface area contributed by atoms with Gasteiger partial charge in [0.1, 0.15) is 5.82 Å². The molecule has 0 aliphatic rings. The van der Waals surface area contributed by atoms with Crippen LogP contribution in [0.2, 0.25) is 5.02 Å². The van der Waals surface area contributed by atoms with Crippen molar-refractivity contribution < 1.29 is 12.8 Å². The predicted molar refractivity (Wildman–Crippen MR) is 68.8 cm³/mol. The van der Waals surface area contributed by atoms with Gasteiger partial charge in [-0.3, -0.25) is 0 Å².